The molecule has 0 saturated carbocycles. The standard InChI is InChI=1S/C19H11F4N3S/c20-14-8-6-13(7-9-14)15-10-17(19(21,22)23)26(25-15)18-24-16(11-27-18)12-4-2-1-3-5-12/h1-11H. The lowest BCUT2D eigenvalue weighted by atomic mass is 10.1. The third-order valence-electron chi connectivity index (χ3n) is 3.88. The van der Waals surface area contributed by atoms with Crippen molar-refractivity contribution in [1.29, 1.82) is 0 Å². The maximum Gasteiger partial charge on any atom is 0.433 e. The molecule has 8 heteroatoms. The molecule has 0 aliphatic carbocycles. The van der Waals surface area contributed by atoms with Crippen LogP contribution in [0.15, 0.2) is 66.0 Å². The van der Waals surface area contributed by atoms with Crippen molar-refractivity contribution in [2.45, 2.75) is 6.18 Å². The maximum atomic E-state index is 13.5. The highest BCUT2D eigenvalue weighted by Crippen LogP contribution is 2.35. The lowest BCUT2D eigenvalue weighted by Gasteiger charge is -2.07. The summed E-state index contributed by atoms with van der Waals surface area (Å²) in [7, 11) is 0. The van der Waals surface area contributed by atoms with Crippen LogP contribution in [-0.4, -0.2) is 14.8 Å². The summed E-state index contributed by atoms with van der Waals surface area (Å²) in [6.45, 7) is 0. The molecule has 2 aromatic heterocycles. The lowest BCUT2D eigenvalue weighted by molar-refractivity contribution is -0.142. The van der Waals surface area contributed by atoms with Gasteiger partial charge in [-0.05, 0) is 30.3 Å². The fourth-order valence-corrected chi connectivity index (χ4v) is 3.39. The number of alkyl halides is 3. The second-order valence-electron chi connectivity index (χ2n) is 5.71. The first-order valence-corrected chi connectivity index (χ1v) is 8.74. The van der Waals surface area contributed by atoms with Crippen molar-refractivity contribution in [1.82, 2.24) is 14.8 Å². The zero-order valence-corrected chi connectivity index (χ0v) is 14.4. The van der Waals surface area contributed by atoms with Crippen LogP contribution in [0.2, 0.25) is 0 Å². The van der Waals surface area contributed by atoms with Crippen molar-refractivity contribution in [2.75, 3.05) is 0 Å². The Balaban J connectivity index is 1.80. The predicted octanol–water partition coefficient (Wildman–Crippen LogP) is 5.82. The van der Waals surface area contributed by atoms with Crippen molar-refractivity contribution >= 4 is 11.3 Å². The van der Waals surface area contributed by atoms with E-state index in [4.69, 9.17) is 0 Å². The summed E-state index contributed by atoms with van der Waals surface area (Å²) in [5.41, 5.74) is 0.928. The minimum atomic E-state index is -4.61. The van der Waals surface area contributed by atoms with E-state index in [-0.39, 0.29) is 10.8 Å². The van der Waals surface area contributed by atoms with Crippen LogP contribution in [-0.2, 0) is 6.18 Å². The first-order chi connectivity index (χ1) is 12.9. The van der Waals surface area contributed by atoms with E-state index in [9.17, 15) is 17.6 Å². The third kappa shape index (κ3) is 3.48. The van der Waals surface area contributed by atoms with Gasteiger partial charge in [-0.25, -0.2) is 14.1 Å². The molecule has 0 saturated heterocycles. The van der Waals surface area contributed by atoms with Crippen molar-refractivity contribution in [3.63, 3.8) is 0 Å². The molecule has 0 aliphatic heterocycles. The molecule has 27 heavy (non-hydrogen) atoms. The van der Waals surface area contributed by atoms with E-state index in [0.717, 1.165) is 27.6 Å². The summed E-state index contributed by atoms with van der Waals surface area (Å²) in [5.74, 6) is -0.471. The Bertz CT molecular complexity index is 1070. The molecule has 2 aromatic carbocycles. The first kappa shape index (κ1) is 17.4. The van der Waals surface area contributed by atoms with Crippen LogP contribution in [0.4, 0.5) is 17.6 Å². The smallest absolute Gasteiger partial charge is 0.218 e. The minimum Gasteiger partial charge on any atom is -0.218 e. The van der Waals surface area contributed by atoms with Gasteiger partial charge in [0, 0.05) is 16.5 Å². The molecule has 0 fully saturated rings. The SMILES string of the molecule is Fc1ccc(-c2cc(C(F)(F)F)n(-c3nc(-c4ccccc4)cs3)n2)cc1. The van der Waals surface area contributed by atoms with Crippen LogP contribution in [0.3, 0.4) is 0 Å². The van der Waals surface area contributed by atoms with Crippen LogP contribution in [0.25, 0.3) is 27.6 Å². The van der Waals surface area contributed by atoms with E-state index in [2.05, 4.69) is 10.1 Å². The van der Waals surface area contributed by atoms with Crippen molar-refractivity contribution < 1.29 is 17.6 Å². The Hall–Kier alpha value is -3.00. The number of halogens is 4. The van der Waals surface area contributed by atoms with E-state index in [0.29, 0.717) is 11.3 Å². The number of hydrogen-bond acceptors (Lipinski definition) is 3. The van der Waals surface area contributed by atoms with Gasteiger partial charge in [0.05, 0.1) is 11.4 Å². The summed E-state index contributed by atoms with van der Waals surface area (Å²) in [6.07, 6.45) is -4.61. The first-order valence-electron chi connectivity index (χ1n) is 7.86. The Morgan fingerprint density at radius 1 is 0.852 bits per heavy atom. The van der Waals surface area contributed by atoms with Gasteiger partial charge in [0.15, 0.2) is 5.69 Å². The number of thiazole rings is 1. The molecule has 0 spiro atoms. The van der Waals surface area contributed by atoms with Crippen LogP contribution in [0, 0.1) is 5.82 Å². The van der Waals surface area contributed by atoms with Gasteiger partial charge in [-0.3, -0.25) is 0 Å². The summed E-state index contributed by atoms with van der Waals surface area (Å²) in [6, 6.07) is 15.2. The third-order valence-corrected chi connectivity index (χ3v) is 4.70. The monoisotopic (exact) mass is 389 g/mol. The molecule has 2 heterocycles. The van der Waals surface area contributed by atoms with Gasteiger partial charge in [-0.2, -0.15) is 18.3 Å². The highest BCUT2D eigenvalue weighted by molar-refractivity contribution is 7.12. The molecule has 136 valence electrons. The summed E-state index contributed by atoms with van der Waals surface area (Å²) >= 11 is 1.07. The van der Waals surface area contributed by atoms with Crippen molar-refractivity contribution in [2.24, 2.45) is 0 Å². The second kappa shape index (κ2) is 6.62. The normalized spacial score (nSPS) is 11.7. The molecule has 0 aliphatic rings. The van der Waals surface area contributed by atoms with Crippen LogP contribution >= 0.6 is 11.3 Å². The number of benzene rings is 2. The van der Waals surface area contributed by atoms with E-state index in [1.165, 1.54) is 24.3 Å². The molecule has 0 unspecified atom stereocenters. The average Bonchev–Trinajstić information content (AvgIpc) is 3.30. The highest BCUT2D eigenvalue weighted by Gasteiger charge is 2.37. The minimum absolute atomic E-state index is 0.0961. The molecule has 0 amide bonds. The van der Waals surface area contributed by atoms with Gasteiger partial charge in [0.25, 0.3) is 0 Å². The molecular weight excluding hydrogens is 378 g/mol. The zero-order chi connectivity index (χ0) is 19.0. The molecule has 4 rings (SSSR count). The molecule has 3 nitrogen and oxygen atoms in total. The number of rotatable bonds is 3. The van der Waals surface area contributed by atoms with E-state index in [1.807, 2.05) is 30.3 Å². The Morgan fingerprint density at radius 2 is 1.52 bits per heavy atom. The van der Waals surface area contributed by atoms with E-state index < -0.39 is 17.7 Å². The number of hydrogen-bond donors (Lipinski definition) is 0. The predicted molar refractivity (Wildman–Crippen MR) is 95.1 cm³/mol. The van der Waals surface area contributed by atoms with Crippen LogP contribution in [0.5, 0.6) is 0 Å². The fourth-order valence-electron chi connectivity index (χ4n) is 2.59. The Labute approximate surface area is 155 Å². The molecule has 4 aromatic rings. The molecule has 0 atom stereocenters. The van der Waals surface area contributed by atoms with Crippen molar-refractivity contribution in [3.05, 3.63) is 77.6 Å². The number of nitrogens with zero attached hydrogens (tertiary/aromatic N) is 3. The van der Waals surface area contributed by atoms with Crippen LogP contribution in [0.1, 0.15) is 5.69 Å². The molecule has 0 bridgehead atoms. The van der Waals surface area contributed by atoms with Crippen LogP contribution < -0.4 is 0 Å². The van der Waals surface area contributed by atoms with Gasteiger partial charge >= 0.3 is 6.18 Å². The fraction of sp³-hybridized carbons (Fsp3) is 0.0526. The van der Waals surface area contributed by atoms with Gasteiger partial charge in [-0.1, -0.05) is 30.3 Å². The topological polar surface area (TPSA) is 30.7 Å². The largest absolute Gasteiger partial charge is 0.433 e. The maximum absolute atomic E-state index is 13.5. The second-order valence-corrected chi connectivity index (χ2v) is 6.55. The quantitative estimate of drug-likeness (QED) is 0.413. The Kier molecular flexibility index (Phi) is 4.27. The summed E-state index contributed by atoms with van der Waals surface area (Å²) in [5, 5.41) is 5.87. The van der Waals surface area contributed by atoms with E-state index >= 15 is 0 Å². The highest BCUT2D eigenvalue weighted by atomic mass is 32.1. The summed E-state index contributed by atoms with van der Waals surface area (Å²) in [4.78, 5) is 4.31. The van der Waals surface area contributed by atoms with Gasteiger partial charge in [0.2, 0.25) is 5.13 Å². The molecular formula is C19H11F4N3S. The average molecular weight is 389 g/mol. The summed E-state index contributed by atoms with van der Waals surface area (Å²) < 4.78 is 54.4. The van der Waals surface area contributed by atoms with Gasteiger partial charge < -0.3 is 0 Å². The molecule has 0 radical (unpaired) electrons. The van der Waals surface area contributed by atoms with Crippen molar-refractivity contribution in [3.8, 4) is 27.6 Å². The van der Waals surface area contributed by atoms with Gasteiger partial charge in [-0.15, -0.1) is 11.3 Å². The number of aromatic nitrogens is 3. The van der Waals surface area contributed by atoms with E-state index in [1.54, 1.807) is 5.38 Å². The molecule has 0 N–H and O–H groups in total. The lowest BCUT2D eigenvalue weighted by Crippen LogP contribution is -2.13. The zero-order valence-electron chi connectivity index (χ0n) is 13.6. The van der Waals surface area contributed by atoms with Gasteiger partial charge in [0.1, 0.15) is 5.82 Å². The Morgan fingerprint density at radius 3 is 2.19 bits per heavy atom.